The first-order valence-electron chi connectivity index (χ1n) is 9.50. The van der Waals surface area contributed by atoms with E-state index in [2.05, 4.69) is 33.7 Å². The minimum atomic E-state index is -3.46. The molecule has 2 aromatic carbocycles. The SMILES string of the molecule is CCN(CC)c1ccc(N=Nc2sc3ccc(OC)cc3[n+]2C)c(NS(C)(=O)=O)c1. The highest BCUT2D eigenvalue weighted by Gasteiger charge is 2.18. The Hall–Kier alpha value is -2.72. The largest absolute Gasteiger partial charge is 0.497 e. The van der Waals surface area contributed by atoms with Crippen molar-refractivity contribution in [1.29, 1.82) is 0 Å². The summed E-state index contributed by atoms with van der Waals surface area (Å²) in [6.45, 7) is 5.74. The molecule has 3 aromatic rings. The first kappa shape index (κ1) is 22.0. The molecule has 10 heteroatoms. The standard InChI is InChI=1S/C20H25N5O3S2/c1-6-25(7-2)14-8-10-16(17(12-14)23-30(5,26)27)21-22-20-24(3)18-13-15(28-4)9-11-19(18)29-20/h8-13H,6-7H2,1-5H3/p+1. The maximum Gasteiger partial charge on any atom is 0.409 e. The van der Waals surface area contributed by atoms with E-state index in [-0.39, 0.29) is 0 Å². The van der Waals surface area contributed by atoms with Gasteiger partial charge in [-0.15, -0.1) is 0 Å². The Labute approximate surface area is 180 Å². The normalized spacial score (nSPS) is 11.9. The number of hydrogen-bond acceptors (Lipinski definition) is 7. The van der Waals surface area contributed by atoms with Crippen LogP contribution in [0.5, 0.6) is 5.75 Å². The lowest BCUT2D eigenvalue weighted by molar-refractivity contribution is -0.627. The molecule has 0 amide bonds. The zero-order valence-electron chi connectivity index (χ0n) is 17.7. The van der Waals surface area contributed by atoms with Crippen LogP contribution in [0.25, 0.3) is 10.2 Å². The number of methoxy groups -OCH3 is 1. The van der Waals surface area contributed by atoms with E-state index >= 15 is 0 Å². The Kier molecular flexibility index (Phi) is 6.57. The maximum absolute atomic E-state index is 11.9. The van der Waals surface area contributed by atoms with Crippen LogP contribution in [0.4, 0.5) is 22.2 Å². The Morgan fingerprint density at radius 1 is 1.13 bits per heavy atom. The Balaban J connectivity index is 2.01. The number of nitrogens with zero attached hydrogens (tertiary/aromatic N) is 4. The van der Waals surface area contributed by atoms with Crippen molar-refractivity contribution in [3.05, 3.63) is 36.4 Å². The van der Waals surface area contributed by atoms with Crippen molar-refractivity contribution in [1.82, 2.24) is 0 Å². The van der Waals surface area contributed by atoms with E-state index in [1.165, 1.54) is 11.3 Å². The number of anilines is 2. The highest BCUT2D eigenvalue weighted by molar-refractivity contribution is 7.92. The van der Waals surface area contributed by atoms with Gasteiger partial charge in [-0.25, -0.2) is 13.0 Å². The molecule has 160 valence electrons. The van der Waals surface area contributed by atoms with E-state index in [4.69, 9.17) is 4.74 Å². The van der Waals surface area contributed by atoms with E-state index in [9.17, 15) is 8.42 Å². The molecule has 0 saturated heterocycles. The average Bonchev–Trinajstić information content (AvgIpc) is 3.02. The molecule has 1 aromatic heterocycles. The Morgan fingerprint density at radius 2 is 1.87 bits per heavy atom. The molecule has 1 heterocycles. The number of benzene rings is 2. The topological polar surface area (TPSA) is 87.2 Å². The van der Waals surface area contributed by atoms with E-state index in [0.717, 1.165) is 41.0 Å². The zero-order chi connectivity index (χ0) is 21.9. The van der Waals surface area contributed by atoms with Gasteiger partial charge in [0.2, 0.25) is 10.0 Å². The van der Waals surface area contributed by atoms with E-state index in [1.54, 1.807) is 19.2 Å². The van der Waals surface area contributed by atoms with Crippen LogP contribution >= 0.6 is 11.3 Å². The summed E-state index contributed by atoms with van der Waals surface area (Å²) in [7, 11) is 0.0782. The number of thiazole rings is 1. The summed E-state index contributed by atoms with van der Waals surface area (Å²) in [6, 6.07) is 11.3. The second-order valence-corrected chi connectivity index (χ2v) is 9.48. The van der Waals surface area contributed by atoms with Crippen molar-refractivity contribution in [3.8, 4) is 5.75 Å². The summed E-state index contributed by atoms with van der Waals surface area (Å²) in [5, 5.41) is 9.43. The van der Waals surface area contributed by atoms with E-state index < -0.39 is 10.0 Å². The first-order chi connectivity index (χ1) is 14.3. The summed E-state index contributed by atoms with van der Waals surface area (Å²) < 4.78 is 34.6. The van der Waals surface area contributed by atoms with Crippen molar-refractivity contribution in [2.75, 3.05) is 36.1 Å². The van der Waals surface area contributed by atoms with Gasteiger partial charge in [-0.1, -0.05) is 0 Å². The highest BCUT2D eigenvalue weighted by atomic mass is 32.2. The molecule has 0 aliphatic carbocycles. The zero-order valence-corrected chi connectivity index (χ0v) is 19.3. The molecule has 1 N–H and O–H groups in total. The van der Waals surface area contributed by atoms with Gasteiger partial charge >= 0.3 is 5.13 Å². The van der Waals surface area contributed by atoms with Crippen molar-refractivity contribution in [2.45, 2.75) is 13.8 Å². The average molecular weight is 449 g/mol. The fourth-order valence-corrected chi connectivity index (χ4v) is 4.62. The summed E-state index contributed by atoms with van der Waals surface area (Å²) in [5.74, 6) is 0.769. The third-order valence-electron chi connectivity index (χ3n) is 4.66. The van der Waals surface area contributed by atoms with Gasteiger partial charge < -0.3 is 9.64 Å². The fraction of sp³-hybridized carbons (Fsp3) is 0.350. The number of sulfonamides is 1. The molecule has 0 radical (unpaired) electrons. The van der Waals surface area contributed by atoms with Crippen molar-refractivity contribution in [3.63, 3.8) is 0 Å². The summed E-state index contributed by atoms with van der Waals surface area (Å²) >= 11 is 1.50. The van der Waals surface area contributed by atoms with Crippen LogP contribution in [-0.2, 0) is 17.1 Å². The molecule has 0 unspecified atom stereocenters. The minimum Gasteiger partial charge on any atom is -0.497 e. The maximum atomic E-state index is 11.9. The molecule has 0 saturated carbocycles. The first-order valence-corrected chi connectivity index (χ1v) is 12.2. The van der Waals surface area contributed by atoms with Crippen molar-refractivity contribution >= 4 is 53.8 Å². The molecular weight excluding hydrogens is 422 g/mol. The molecule has 0 bridgehead atoms. The van der Waals surface area contributed by atoms with Gasteiger partial charge in [0.15, 0.2) is 0 Å². The number of hydrogen-bond donors (Lipinski definition) is 1. The molecular formula is C20H26N5O3S2+. The van der Waals surface area contributed by atoms with Gasteiger partial charge in [-0.05, 0) is 60.6 Å². The van der Waals surface area contributed by atoms with E-state index in [0.29, 0.717) is 16.5 Å². The number of aromatic nitrogens is 1. The van der Waals surface area contributed by atoms with Gasteiger partial charge in [0.25, 0.3) is 0 Å². The van der Waals surface area contributed by atoms with Gasteiger partial charge in [-0.2, -0.15) is 0 Å². The van der Waals surface area contributed by atoms with Crippen LogP contribution in [0.15, 0.2) is 46.6 Å². The molecule has 0 spiro atoms. The molecule has 0 aliphatic heterocycles. The second-order valence-electron chi connectivity index (χ2n) is 6.73. The number of nitrogens with one attached hydrogen (secondary N) is 1. The third kappa shape index (κ3) is 4.88. The molecule has 0 aliphatic rings. The molecule has 30 heavy (non-hydrogen) atoms. The van der Waals surface area contributed by atoms with Gasteiger partial charge in [0.05, 0.1) is 35.9 Å². The van der Waals surface area contributed by atoms with Crippen LogP contribution in [0.1, 0.15) is 13.8 Å². The van der Waals surface area contributed by atoms with E-state index in [1.807, 2.05) is 35.9 Å². The lowest BCUT2D eigenvalue weighted by Gasteiger charge is -2.22. The molecule has 0 atom stereocenters. The second kappa shape index (κ2) is 8.97. The molecule has 3 rings (SSSR count). The minimum absolute atomic E-state index is 0.399. The predicted octanol–water partition coefficient (Wildman–Crippen LogP) is 4.37. The fourth-order valence-electron chi connectivity index (χ4n) is 3.10. The lowest BCUT2D eigenvalue weighted by Crippen LogP contribution is -2.25. The smallest absolute Gasteiger partial charge is 0.409 e. The van der Waals surface area contributed by atoms with Crippen LogP contribution < -0.4 is 18.9 Å². The number of azo groups is 1. The number of fused-ring (bicyclic) bond motifs is 1. The molecule has 0 fully saturated rings. The van der Waals surface area contributed by atoms with Crippen LogP contribution in [0.3, 0.4) is 0 Å². The predicted molar refractivity (Wildman–Crippen MR) is 122 cm³/mol. The third-order valence-corrected chi connectivity index (χ3v) is 6.36. The summed E-state index contributed by atoms with van der Waals surface area (Å²) in [4.78, 5) is 2.13. The Bertz CT molecular complexity index is 1180. The van der Waals surface area contributed by atoms with Crippen LogP contribution in [-0.4, -0.2) is 34.9 Å². The molecule has 8 nitrogen and oxygen atoms in total. The number of rotatable bonds is 8. The number of ether oxygens (including phenoxy) is 1. The Morgan fingerprint density at radius 3 is 2.50 bits per heavy atom. The monoisotopic (exact) mass is 448 g/mol. The van der Waals surface area contributed by atoms with Crippen molar-refractivity contribution < 1.29 is 17.7 Å². The van der Waals surface area contributed by atoms with Gasteiger partial charge in [0.1, 0.15) is 17.0 Å². The van der Waals surface area contributed by atoms with Gasteiger partial charge in [0, 0.05) is 24.8 Å². The lowest BCUT2D eigenvalue weighted by atomic mass is 10.2. The van der Waals surface area contributed by atoms with Crippen LogP contribution in [0, 0.1) is 0 Å². The summed E-state index contributed by atoms with van der Waals surface area (Å²) in [6.07, 6.45) is 1.12. The highest BCUT2D eigenvalue weighted by Crippen LogP contribution is 2.34. The van der Waals surface area contributed by atoms with Crippen molar-refractivity contribution in [2.24, 2.45) is 17.3 Å². The van der Waals surface area contributed by atoms with Gasteiger partial charge in [-0.3, -0.25) is 4.72 Å². The number of aryl methyl sites for hydroxylation is 1. The quantitative estimate of drug-likeness (QED) is 0.409. The van der Waals surface area contributed by atoms with Crippen LogP contribution in [0.2, 0.25) is 0 Å². The summed E-state index contributed by atoms with van der Waals surface area (Å²) in [5.41, 5.74) is 2.76.